The zero-order chi connectivity index (χ0) is 20.8. The smallest absolute Gasteiger partial charge is 0.345 e. The highest BCUT2D eigenvalue weighted by molar-refractivity contribution is 14.1. The summed E-state index contributed by atoms with van der Waals surface area (Å²) in [5.74, 6) is -12.7. The molecule has 0 amide bonds. The van der Waals surface area contributed by atoms with Gasteiger partial charge in [0.25, 0.3) is 0 Å². The van der Waals surface area contributed by atoms with Crippen molar-refractivity contribution in [3.8, 4) is 5.75 Å². The van der Waals surface area contributed by atoms with Crippen molar-refractivity contribution >= 4 is 106 Å². The number of benzene rings is 2. The van der Waals surface area contributed by atoms with Crippen LogP contribution in [0.5, 0.6) is 5.75 Å². The first-order valence-corrected chi connectivity index (χ1v) is 11.9. The van der Waals surface area contributed by atoms with E-state index < -0.39 is 50.0 Å². The topological polar surface area (TPSA) is 83.5 Å². The van der Waals surface area contributed by atoms with Crippen LogP contribution in [0.3, 0.4) is 0 Å². The first-order valence-electron chi connectivity index (χ1n) is 6.16. The molecule has 27 heavy (non-hydrogen) atoms. The minimum atomic E-state index is -5.86. The second kappa shape index (κ2) is 8.68. The van der Waals surface area contributed by atoms with E-state index in [9.17, 15) is 35.3 Å². The van der Waals surface area contributed by atoms with E-state index in [2.05, 4.69) is 4.74 Å². The largest absolute Gasteiger partial charge is 0.744 e. The summed E-state index contributed by atoms with van der Waals surface area (Å²) in [5.41, 5.74) is -0.104. The number of hydrogen-bond donors (Lipinski definition) is 0. The SMILES string of the molecule is O=C(Oc1c(F)c(F)c(S(=O)(=O)[O-])c(F)c1F)c1c(I)c(I)cc(I)c1I. The van der Waals surface area contributed by atoms with Gasteiger partial charge < -0.3 is 9.29 Å². The van der Waals surface area contributed by atoms with Crippen molar-refractivity contribution in [2.24, 2.45) is 0 Å². The summed E-state index contributed by atoms with van der Waals surface area (Å²) in [4.78, 5) is 10.0. The van der Waals surface area contributed by atoms with Crippen LogP contribution in [0.15, 0.2) is 11.0 Å². The monoisotopic (exact) mass is 853 g/mol. The van der Waals surface area contributed by atoms with E-state index >= 15 is 0 Å². The van der Waals surface area contributed by atoms with Gasteiger partial charge in [0.15, 0.2) is 11.6 Å². The summed E-state index contributed by atoms with van der Waals surface area (Å²) in [6, 6.07) is 1.72. The third-order valence-corrected chi connectivity index (χ3v) is 9.81. The van der Waals surface area contributed by atoms with Gasteiger partial charge in [-0.15, -0.1) is 0 Å². The van der Waals surface area contributed by atoms with Crippen LogP contribution in [0, 0.1) is 37.5 Å². The molecule has 5 nitrogen and oxygen atoms in total. The molecule has 0 aliphatic rings. The maximum atomic E-state index is 14.0. The van der Waals surface area contributed by atoms with Crippen LogP contribution in [-0.4, -0.2) is 18.9 Å². The van der Waals surface area contributed by atoms with Crippen molar-refractivity contribution in [3.05, 3.63) is 49.2 Å². The standard InChI is InChI=1S/C13H2F4I4O5S/c14-5-7(16)12(27(23,24)25)8(17)6(15)11(5)26-13(22)4-9(20)2(18)1-3(19)10(4)21/h1H,(H,23,24,25)/p-1. The molecule has 14 heteroatoms. The number of carbonyl (C=O) groups excluding carboxylic acids is 1. The van der Waals surface area contributed by atoms with Crippen LogP contribution < -0.4 is 4.74 Å². The Hall–Kier alpha value is 0.460. The molecule has 0 heterocycles. The fraction of sp³-hybridized carbons (Fsp3) is 0. The van der Waals surface area contributed by atoms with Crippen LogP contribution in [0.25, 0.3) is 0 Å². The Morgan fingerprint density at radius 3 is 1.67 bits per heavy atom. The number of halogens is 8. The lowest BCUT2D eigenvalue weighted by Gasteiger charge is -2.15. The van der Waals surface area contributed by atoms with Gasteiger partial charge in [-0.05, 0) is 96.4 Å². The molecule has 0 spiro atoms. The van der Waals surface area contributed by atoms with Gasteiger partial charge in [-0.1, -0.05) is 0 Å². The van der Waals surface area contributed by atoms with Gasteiger partial charge in [0.2, 0.25) is 17.4 Å². The zero-order valence-corrected chi connectivity index (χ0v) is 21.5. The lowest BCUT2D eigenvalue weighted by atomic mass is 10.2. The fourth-order valence-electron chi connectivity index (χ4n) is 1.80. The predicted molar refractivity (Wildman–Crippen MR) is 117 cm³/mol. The van der Waals surface area contributed by atoms with Crippen molar-refractivity contribution in [1.82, 2.24) is 0 Å². The molecule has 0 aliphatic carbocycles. The van der Waals surface area contributed by atoms with Gasteiger partial charge in [-0.3, -0.25) is 0 Å². The van der Waals surface area contributed by atoms with E-state index in [1.165, 1.54) is 0 Å². The molecule has 0 aromatic heterocycles. The zero-order valence-electron chi connectivity index (χ0n) is 12.1. The van der Waals surface area contributed by atoms with Gasteiger partial charge in [0.05, 0.1) is 5.56 Å². The Bertz CT molecular complexity index is 1040. The van der Waals surface area contributed by atoms with E-state index in [1.54, 1.807) is 51.2 Å². The van der Waals surface area contributed by atoms with Gasteiger partial charge in [0.1, 0.15) is 15.0 Å². The summed E-state index contributed by atoms with van der Waals surface area (Å²) in [6.45, 7) is 0. The minimum absolute atomic E-state index is 0.104. The van der Waals surface area contributed by atoms with Crippen molar-refractivity contribution in [3.63, 3.8) is 0 Å². The fourth-order valence-corrected chi connectivity index (χ4v) is 5.98. The molecular formula is C13HF4I4O5S-. The second-order valence-corrected chi connectivity index (χ2v) is 10.4. The Morgan fingerprint density at radius 1 is 0.889 bits per heavy atom. The lowest BCUT2D eigenvalue weighted by Crippen LogP contribution is -2.18. The number of rotatable bonds is 3. The molecule has 0 aliphatic heterocycles. The third kappa shape index (κ3) is 4.63. The predicted octanol–water partition coefficient (Wildman–Crippen LogP) is 4.78. The molecule has 0 bridgehead atoms. The maximum Gasteiger partial charge on any atom is 0.345 e. The van der Waals surface area contributed by atoms with Crippen LogP contribution in [0.4, 0.5) is 17.6 Å². The van der Waals surface area contributed by atoms with Crippen LogP contribution in [-0.2, 0) is 10.1 Å². The molecular weight excluding hydrogens is 852 g/mol. The normalized spacial score (nSPS) is 11.6. The number of esters is 1. The van der Waals surface area contributed by atoms with Crippen LogP contribution in [0.1, 0.15) is 10.4 Å². The number of carbonyl (C=O) groups is 1. The Morgan fingerprint density at radius 2 is 1.30 bits per heavy atom. The number of hydrogen-bond acceptors (Lipinski definition) is 5. The average Bonchev–Trinajstić information content (AvgIpc) is 2.54. The summed E-state index contributed by atoms with van der Waals surface area (Å²) >= 11 is 7.36. The van der Waals surface area contributed by atoms with Gasteiger partial charge in [-0.2, -0.15) is 8.78 Å². The first kappa shape index (κ1) is 23.7. The molecule has 0 unspecified atom stereocenters. The summed E-state index contributed by atoms with van der Waals surface area (Å²) in [7, 11) is -5.86. The van der Waals surface area contributed by atoms with Crippen LogP contribution >= 0.6 is 90.4 Å². The molecule has 0 radical (unpaired) electrons. The summed E-state index contributed by atoms with van der Waals surface area (Å²) in [6.07, 6.45) is 0. The highest BCUT2D eigenvalue weighted by Crippen LogP contribution is 2.34. The molecule has 2 rings (SSSR count). The molecule has 0 atom stereocenters. The van der Waals surface area contributed by atoms with Gasteiger partial charge in [0, 0.05) is 14.3 Å². The van der Waals surface area contributed by atoms with Gasteiger partial charge >= 0.3 is 5.97 Å². The minimum Gasteiger partial charge on any atom is -0.744 e. The van der Waals surface area contributed by atoms with Gasteiger partial charge in [-0.25, -0.2) is 22.0 Å². The summed E-state index contributed by atoms with van der Waals surface area (Å²) in [5, 5.41) is 0. The van der Waals surface area contributed by atoms with Crippen molar-refractivity contribution in [2.75, 3.05) is 0 Å². The summed E-state index contributed by atoms with van der Waals surface area (Å²) < 4.78 is 94.4. The van der Waals surface area contributed by atoms with Crippen LogP contribution in [0.2, 0.25) is 0 Å². The Kier molecular flexibility index (Phi) is 7.63. The van der Waals surface area contributed by atoms with E-state index in [0.717, 1.165) is 0 Å². The van der Waals surface area contributed by atoms with E-state index in [-0.39, 0.29) is 5.56 Å². The molecule has 146 valence electrons. The number of ether oxygens (including phenoxy) is 1. The Balaban J connectivity index is 2.66. The maximum absolute atomic E-state index is 14.0. The first-order chi connectivity index (χ1) is 12.3. The lowest BCUT2D eigenvalue weighted by molar-refractivity contribution is 0.0714. The molecule has 0 fully saturated rings. The molecule has 0 saturated carbocycles. The molecule has 2 aromatic rings. The molecule has 0 N–H and O–H groups in total. The van der Waals surface area contributed by atoms with Crippen molar-refractivity contribution < 1.29 is 40.1 Å². The average molecular weight is 853 g/mol. The van der Waals surface area contributed by atoms with Crippen molar-refractivity contribution in [1.29, 1.82) is 0 Å². The molecule has 2 aromatic carbocycles. The van der Waals surface area contributed by atoms with E-state index in [4.69, 9.17) is 0 Å². The third-order valence-electron chi connectivity index (χ3n) is 2.94. The highest BCUT2D eigenvalue weighted by atomic mass is 127. The van der Waals surface area contributed by atoms with E-state index in [0.29, 0.717) is 14.3 Å². The van der Waals surface area contributed by atoms with E-state index in [1.807, 2.05) is 45.2 Å². The Labute approximate surface area is 203 Å². The quantitative estimate of drug-likeness (QED) is 0.111. The highest BCUT2D eigenvalue weighted by Gasteiger charge is 2.32. The molecule has 0 saturated heterocycles. The van der Waals surface area contributed by atoms with Crippen molar-refractivity contribution in [2.45, 2.75) is 4.90 Å². The second-order valence-electron chi connectivity index (χ2n) is 4.60.